The number of hydrazone groups is 1. The van der Waals surface area contributed by atoms with Crippen LogP contribution in [0.4, 0.5) is 10.8 Å². The van der Waals surface area contributed by atoms with E-state index in [9.17, 15) is 14.9 Å². The fraction of sp³-hybridized carbons (Fsp3) is 0. The summed E-state index contributed by atoms with van der Waals surface area (Å²) in [6, 6.07) is 15.2. The van der Waals surface area contributed by atoms with E-state index in [0.717, 1.165) is 5.56 Å². The highest BCUT2D eigenvalue weighted by Crippen LogP contribution is 2.29. The van der Waals surface area contributed by atoms with Gasteiger partial charge in [-0.15, -0.1) is 0 Å². The van der Waals surface area contributed by atoms with Gasteiger partial charge in [-0.1, -0.05) is 41.7 Å². The molecule has 0 saturated carbocycles. The Hall–Kier alpha value is -3.85. The molecule has 8 nitrogen and oxygen atoms in total. The minimum Gasteiger partial charge on any atom is -0.422 e. The number of thiazole rings is 1. The lowest BCUT2D eigenvalue weighted by molar-refractivity contribution is -0.384. The fourth-order valence-corrected chi connectivity index (χ4v) is 3.32. The Morgan fingerprint density at radius 2 is 2.00 bits per heavy atom. The van der Waals surface area contributed by atoms with Crippen molar-refractivity contribution in [1.82, 2.24) is 4.98 Å². The first-order valence-corrected chi connectivity index (χ1v) is 8.94. The molecule has 0 atom stereocenters. The number of fused-ring (bicyclic) bond motifs is 1. The molecule has 2 aromatic carbocycles. The summed E-state index contributed by atoms with van der Waals surface area (Å²) in [5.74, 6) is 0. The predicted molar refractivity (Wildman–Crippen MR) is 108 cm³/mol. The Morgan fingerprint density at radius 1 is 1.18 bits per heavy atom. The van der Waals surface area contributed by atoms with Crippen molar-refractivity contribution < 1.29 is 9.34 Å². The molecule has 2 heterocycles. The van der Waals surface area contributed by atoms with Gasteiger partial charge in [-0.2, -0.15) is 5.10 Å². The number of nitro benzene ring substituents is 1. The highest BCUT2D eigenvalue weighted by molar-refractivity contribution is 7.18. The normalized spacial score (nSPS) is 11.1. The smallest absolute Gasteiger partial charge is 0.345 e. The number of anilines is 1. The van der Waals surface area contributed by atoms with Gasteiger partial charge in [0.1, 0.15) is 5.58 Å². The number of non-ortho nitro benzene ring substituents is 1. The molecule has 9 heteroatoms. The highest BCUT2D eigenvalue weighted by Gasteiger charge is 2.14. The van der Waals surface area contributed by atoms with E-state index in [1.165, 1.54) is 35.7 Å². The van der Waals surface area contributed by atoms with Gasteiger partial charge < -0.3 is 4.42 Å². The van der Waals surface area contributed by atoms with Gasteiger partial charge in [0.15, 0.2) is 0 Å². The zero-order valence-electron chi connectivity index (χ0n) is 14.2. The van der Waals surface area contributed by atoms with Crippen molar-refractivity contribution in [2.75, 3.05) is 5.43 Å². The van der Waals surface area contributed by atoms with Crippen LogP contribution < -0.4 is 11.1 Å². The van der Waals surface area contributed by atoms with Crippen LogP contribution in [0.3, 0.4) is 0 Å². The number of nitro groups is 1. The van der Waals surface area contributed by atoms with E-state index in [1.54, 1.807) is 12.3 Å². The zero-order chi connectivity index (χ0) is 19.5. The molecule has 0 spiro atoms. The van der Waals surface area contributed by atoms with Crippen LogP contribution in [0.25, 0.3) is 21.4 Å². The van der Waals surface area contributed by atoms with Crippen LogP contribution in [-0.2, 0) is 0 Å². The van der Waals surface area contributed by atoms with E-state index in [1.807, 2.05) is 30.3 Å². The molecular weight excluding hydrogens is 380 g/mol. The lowest BCUT2D eigenvalue weighted by Crippen LogP contribution is -2.01. The van der Waals surface area contributed by atoms with E-state index in [-0.39, 0.29) is 16.8 Å². The molecule has 138 valence electrons. The van der Waals surface area contributed by atoms with Crippen LogP contribution >= 0.6 is 11.3 Å². The minimum atomic E-state index is -0.538. The molecule has 28 heavy (non-hydrogen) atoms. The van der Waals surface area contributed by atoms with Crippen molar-refractivity contribution in [1.29, 1.82) is 0 Å². The first-order chi connectivity index (χ1) is 13.6. The summed E-state index contributed by atoms with van der Waals surface area (Å²) < 4.78 is 5.28. The second-order valence-electron chi connectivity index (χ2n) is 5.74. The molecule has 0 fully saturated rings. The summed E-state index contributed by atoms with van der Waals surface area (Å²) >= 11 is 1.22. The Bertz CT molecular complexity index is 1250. The molecular formula is C19H12N4O4S. The Kier molecular flexibility index (Phi) is 4.65. The molecule has 2 aromatic heterocycles. The van der Waals surface area contributed by atoms with E-state index in [4.69, 9.17) is 4.42 Å². The number of hydrogen-bond donors (Lipinski definition) is 1. The van der Waals surface area contributed by atoms with Gasteiger partial charge >= 0.3 is 5.63 Å². The number of nitrogens with zero attached hydrogens (tertiary/aromatic N) is 3. The number of aromatic nitrogens is 1. The van der Waals surface area contributed by atoms with Crippen LogP contribution in [-0.4, -0.2) is 16.1 Å². The molecule has 0 unspecified atom stereocenters. The highest BCUT2D eigenvalue weighted by atomic mass is 32.1. The minimum absolute atomic E-state index is 0.0748. The van der Waals surface area contributed by atoms with Crippen LogP contribution in [0.2, 0.25) is 0 Å². The molecule has 4 rings (SSSR count). The molecule has 0 amide bonds. The van der Waals surface area contributed by atoms with Crippen molar-refractivity contribution in [3.8, 4) is 10.4 Å². The third-order valence-corrected chi connectivity index (χ3v) is 4.81. The van der Waals surface area contributed by atoms with Crippen LogP contribution in [0, 0.1) is 10.1 Å². The third-order valence-electron chi connectivity index (χ3n) is 3.87. The van der Waals surface area contributed by atoms with Gasteiger partial charge in [-0.05, 0) is 17.7 Å². The zero-order valence-corrected chi connectivity index (χ0v) is 15.1. The van der Waals surface area contributed by atoms with Crippen LogP contribution in [0.15, 0.2) is 75.1 Å². The number of hydrogen-bond acceptors (Lipinski definition) is 8. The standard InChI is InChI=1S/C19H12N4O4S/c24-18-15(9-13-8-14(23(25)26)6-7-16(13)27-18)17-11-20-19(28-17)22-21-10-12-4-2-1-3-5-12/h1-11H,(H,20,22)/b21-10-. The maximum absolute atomic E-state index is 12.3. The second-order valence-corrected chi connectivity index (χ2v) is 6.77. The molecule has 0 radical (unpaired) electrons. The Labute approximate surface area is 161 Å². The molecule has 0 aliphatic rings. The van der Waals surface area contributed by atoms with Crippen molar-refractivity contribution >= 4 is 39.3 Å². The molecule has 1 N–H and O–H groups in total. The topological polar surface area (TPSA) is 111 Å². The predicted octanol–water partition coefficient (Wildman–Crippen LogP) is 4.27. The van der Waals surface area contributed by atoms with E-state index in [0.29, 0.717) is 15.4 Å². The number of benzene rings is 2. The second kappa shape index (κ2) is 7.41. The largest absolute Gasteiger partial charge is 0.422 e. The monoisotopic (exact) mass is 392 g/mol. The Morgan fingerprint density at radius 3 is 2.79 bits per heavy atom. The summed E-state index contributed by atoms with van der Waals surface area (Å²) in [7, 11) is 0. The van der Waals surface area contributed by atoms with Gasteiger partial charge in [0.25, 0.3) is 5.69 Å². The van der Waals surface area contributed by atoms with Crippen molar-refractivity contribution in [2.24, 2.45) is 5.10 Å². The van der Waals surface area contributed by atoms with Gasteiger partial charge in [0, 0.05) is 23.7 Å². The summed E-state index contributed by atoms with van der Waals surface area (Å²) in [5, 5.41) is 16.0. The van der Waals surface area contributed by atoms with E-state index in [2.05, 4.69) is 15.5 Å². The molecule has 0 saturated heterocycles. The van der Waals surface area contributed by atoms with Gasteiger partial charge in [-0.3, -0.25) is 15.5 Å². The third kappa shape index (κ3) is 3.64. The quantitative estimate of drug-likeness (QED) is 0.235. The van der Waals surface area contributed by atoms with Crippen molar-refractivity contribution in [3.63, 3.8) is 0 Å². The lowest BCUT2D eigenvalue weighted by atomic mass is 10.1. The average molecular weight is 392 g/mol. The maximum atomic E-state index is 12.3. The molecule has 0 bridgehead atoms. The SMILES string of the molecule is O=c1oc2ccc([N+](=O)[O-])cc2cc1-c1cnc(N/N=C\c2ccccc2)s1. The number of rotatable bonds is 5. The summed E-state index contributed by atoms with van der Waals surface area (Å²) in [6.45, 7) is 0. The molecule has 0 aliphatic carbocycles. The van der Waals surface area contributed by atoms with Crippen LogP contribution in [0.1, 0.15) is 5.56 Å². The first-order valence-electron chi connectivity index (χ1n) is 8.13. The van der Waals surface area contributed by atoms with E-state index >= 15 is 0 Å². The van der Waals surface area contributed by atoms with Crippen molar-refractivity contribution in [3.05, 3.63) is 86.9 Å². The van der Waals surface area contributed by atoms with Gasteiger partial charge in [0.2, 0.25) is 5.13 Å². The van der Waals surface area contributed by atoms with Gasteiger partial charge in [-0.25, -0.2) is 9.78 Å². The first kappa shape index (κ1) is 17.6. The van der Waals surface area contributed by atoms with Crippen molar-refractivity contribution in [2.45, 2.75) is 0 Å². The van der Waals surface area contributed by atoms with E-state index < -0.39 is 10.5 Å². The van der Waals surface area contributed by atoms with Crippen LogP contribution in [0.5, 0.6) is 0 Å². The summed E-state index contributed by atoms with van der Waals surface area (Å²) in [5.41, 5.74) is 3.71. The average Bonchev–Trinajstić information content (AvgIpc) is 3.16. The summed E-state index contributed by atoms with van der Waals surface area (Å²) in [4.78, 5) is 27.5. The molecule has 4 aromatic rings. The maximum Gasteiger partial charge on any atom is 0.345 e. The Balaban J connectivity index is 1.61. The molecule has 0 aliphatic heterocycles. The summed E-state index contributed by atoms with van der Waals surface area (Å²) in [6.07, 6.45) is 3.19. The number of nitrogens with one attached hydrogen (secondary N) is 1. The van der Waals surface area contributed by atoms with Gasteiger partial charge in [0.05, 0.1) is 21.6 Å². The lowest BCUT2D eigenvalue weighted by Gasteiger charge is -2.00. The fourth-order valence-electron chi connectivity index (χ4n) is 2.55.